The summed E-state index contributed by atoms with van der Waals surface area (Å²) in [6, 6.07) is 1.84. The maximum absolute atomic E-state index is 12.0. The smallest absolute Gasteiger partial charge is 0.244 e. The van der Waals surface area contributed by atoms with E-state index in [4.69, 9.17) is 5.73 Å². The third-order valence-corrected chi connectivity index (χ3v) is 2.78. The number of aromatic nitrogens is 1. The van der Waals surface area contributed by atoms with Crippen LogP contribution in [0.5, 0.6) is 0 Å². The monoisotopic (exact) mass is 236 g/mol. The summed E-state index contributed by atoms with van der Waals surface area (Å²) in [5.74, 6) is -0.198. The van der Waals surface area contributed by atoms with Crippen LogP contribution in [0.3, 0.4) is 0 Å². The van der Waals surface area contributed by atoms with E-state index < -0.39 is 5.54 Å². The summed E-state index contributed by atoms with van der Waals surface area (Å²) >= 11 is 0. The van der Waals surface area contributed by atoms with E-state index >= 15 is 0 Å². The first kappa shape index (κ1) is 13.4. The lowest BCUT2D eigenvalue weighted by atomic mass is 9.99. The molecule has 1 heterocycles. The van der Waals surface area contributed by atoms with Crippen molar-refractivity contribution in [1.82, 2.24) is 4.98 Å². The molecule has 0 saturated carbocycles. The van der Waals surface area contributed by atoms with Crippen LogP contribution in [0.2, 0.25) is 0 Å². The van der Waals surface area contributed by atoms with Crippen molar-refractivity contribution in [2.45, 2.75) is 25.8 Å². The van der Waals surface area contributed by atoms with E-state index in [-0.39, 0.29) is 5.91 Å². The van der Waals surface area contributed by atoms with E-state index in [1.807, 2.05) is 32.0 Å². The van der Waals surface area contributed by atoms with Crippen molar-refractivity contribution < 1.29 is 4.79 Å². The van der Waals surface area contributed by atoms with Gasteiger partial charge in [0.2, 0.25) is 5.91 Å². The summed E-state index contributed by atoms with van der Waals surface area (Å²) in [5, 5.41) is 2.81. The molecule has 5 heteroatoms. The number of pyridine rings is 1. The molecule has 0 bridgehead atoms. The van der Waals surface area contributed by atoms with Gasteiger partial charge >= 0.3 is 0 Å². The Morgan fingerprint density at radius 2 is 2.24 bits per heavy atom. The van der Waals surface area contributed by atoms with Gasteiger partial charge in [-0.15, -0.1) is 0 Å². The van der Waals surface area contributed by atoms with Gasteiger partial charge in [0.15, 0.2) is 0 Å². The molecule has 0 saturated heterocycles. The van der Waals surface area contributed by atoms with Crippen molar-refractivity contribution in [1.29, 1.82) is 0 Å². The first-order valence-electron chi connectivity index (χ1n) is 5.60. The SMILES string of the molecule is CCC(C)(N)C(=O)Nc1cnccc1N(C)C. The zero-order valence-corrected chi connectivity index (χ0v) is 10.8. The summed E-state index contributed by atoms with van der Waals surface area (Å²) in [7, 11) is 3.82. The lowest BCUT2D eigenvalue weighted by Crippen LogP contribution is -2.47. The van der Waals surface area contributed by atoms with Crippen LogP contribution >= 0.6 is 0 Å². The number of amides is 1. The number of carbonyl (C=O) groups excluding carboxylic acids is 1. The van der Waals surface area contributed by atoms with Crippen molar-refractivity contribution in [3.8, 4) is 0 Å². The minimum absolute atomic E-state index is 0.198. The molecule has 0 spiro atoms. The molecule has 94 valence electrons. The topological polar surface area (TPSA) is 71.2 Å². The molecule has 0 aromatic carbocycles. The Labute approximate surface area is 102 Å². The Kier molecular flexibility index (Phi) is 4.07. The average molecular weight is 236 g/mol. The van der Waals surface area contributed by atoms with Crippen molar-refractivity contribution in [2.75, 3.05) is 24.3 Å². The van der Waals surface area contributed by atoms with Crippen LogP contribution in [-0.2, 0) is 4.79 Å². The molecule has 0 aliphatic heterocycles. The van der Waals surface area contributed by atoms with Gasteiger partial charge in [0.1, 0.15) is 0 Å². The molecule has 1 amide bonds. The van der Waals surface area contributed by atoms with Crippen molar-refractivity contribution in [3.05, 3.63) is 18.5 Å². The Morgan fingerprint density at radius 1 is 1.59 bits per heavy atom. The average Bonchev–Trinajstić information content (AvgIpc) is 2.29. The molecular weight excluding hydrogens is 216 g/mol. The normalized spacial score (nSPS) is 13.9. The summed E-state index contributed by atoms with van der Waals surface area (Å²) in [4.78, 5) is 17.9. The standard InChI is InChI=1S/C12H20N4O/c1-5-12(2,13)11(17)15-9-8-14-7-6-10(9)16(3)4/h6-8H,5,13H2,1-4H3,(H,15,17). The predicted octanol–water partition coefficient (Wildman–Crippen LogP) is 1.21. The maximum Gasteiger partial charge on any atom is 0.244 e. The third kappa shape index (κ3) is 3.17. The predicted molar refractivity (Wildman–Crippen MR) is 70.1 cm³/mol. The summed E-state index contributed by atoms with van der Waals surface area (Å²) in [5.41, 5.74) is 6.60. The molecular formula is C12H20N4O. The Hall–Kier alpha value is -1.62. The van der Waals surface area contributed by atoms with E-state index in [0.29, 0.717) is 12.1 Å². The molecule has 1 aromatic rings. The maximum atomic E-state index is 12.0. The number of hydrogen-bond acceptors (Lipinski definition) is 4. The number of nitrogens with two attached hydrogens (primary N) is 1. The minimum atomic E-state index is -0.862. The van der Waals surface area contributed by atoms with Crippen LogP contribution in [-0.4, -0.2) is 30.5 Å². The molecule has 1 atom stereocenters. The molecule has 0 aliphatic carbocycles. The van der Waals surface area contributed by atoms with Crippen LogP contribution in [0.4, 0.5) is 11.4 Å². The Bertz CT molecular complexity index is 401. The van der Waals surface area contributed by atoms with Gasteiger partial charge in [-0.25, -0.2) is 0 Å². The molecule has 17 heavy (non-hydrogen) atoms. The summed E-state index contributed by atoms with van der Waals surface area (Å²) in [6.45, 7) is 3.60. The number of hydrogen-bond donors (Lipinski definition) is 2. The highest BCUT2D eigenvalue weighted by atomic mass is 16.2. The molecule has 1 aromatic heterocycles. The van der Waals surface area contributed by atoms with Gasteiger partial charge in [0.05, 0.1) is 23.1 Å². The fraction of sp³-hybridized carbons (Fsp3) is 0.500. The Balaban J connectivity index is 2.93. The summed E-state index contributed by atoms with van der Waals surface area (Å²) in [6.07, 6.45) is 3.89. The highest BCUT2D eigenvalue weighted by Gasteiger charge is 2.26. The minimum Gasteiger partial charge on any atom is -0.376 e. The first-order chi connectivity index (χ1) is 7.88. The van der Waals surface area contributed by atoms with Gasteiger partial charge < -0.3 is 16.0 Å². The molecule has 3 N–H and O–H groups in total. The highest BCUT2D eigenvalue weighted by Crippen LogP contribution is 2.23. The number of nitrogens with one attached hydrogen (secondary N) is 1. The van der Waals surface area contributed by atoms with Crippen molar-refractivity contribution >= 4 is 17.3 Å². The molecule has 5 nitrogen and oxygen atoms in total. The third-order valence-electron chi connectivity index (χ3n) is 2.78. The Morgan fingerprint density at radius 3 is 2.76 bits per heavy atom. The van der Waals surface area contributed by atoms with Crippen LogP contribution < -0.4 is 16.0 Å². The van der Waals surface area contributed by atoms with E-state index in [9.17, 15) is 4.79 Å². The number of nitrogens with zero attached hydrogens (tertiary/aromatic N) is 2. The second-order valence-electron chi connectivity index (χ2n) is 4.51. The molecule has 1 rings (SSSR count). The van der Waals surface area contributed by atoms with Gasteiger partial charge in [-0.05, 0) is 19.4 Å². The largest absolute Gasteiger partial charge is 0.376 e. The fourth-order valence-corrected chi connectivity index (χ4v) is 1.30. The number of anilines is 2. The van der Waals surface area contributed by atoms with Gasteiger partial charge in [-0.2, -0.15) is 0 Å². The molecule has 0 aliphatic rings. The van der Waals surface area contributed by atoms with E-state index in [2.05, 4.69) is 10.3 Å². The highest BCUT2D eigenvalue weighted by molar-refractivity contribution is 5.99. The molecule has 0 fully saturated rings. The zero-order chi connectivity index (χ0) is 13.1. The van der Waals surface area contributed by atoms with Gasteiger partial charge in [0, 0.05) is 20.3 Å². The first-order valence-corrected chi connectivity index (χ1v) is 5.60. The van der Waals surface area contributed by atoms with Gasteiger partial charge in [-0.3, -0.25) is 9.78 Å². The van der Waals surface area contributed by atoms with Crippen molar-refractivity contribution in [3.63, 3.8) is 0 Å². The number of rotatable bonds is 4. The number of carbonyl (C=O) groups is 1. The van der Waals surface area contributed by atoms with Crippen LogP contribution in [0.1, 0.15) is 20.3 Å². The quantitative estimate of drug-likeness (QED) is 0.824. The lowest BCUT2D eigenvalue weighted by Gasteiger charge is -2.23. The van der Waals surface area contributed by atoms with Crippen molar-refractivity contribution in [2.24, 2.45) is 5.73 Å². The summed E-state index contributed by atoms with van der Waals surface area (Å²) < 4.78 is 0. The van der Waals surface area contributed by atoms with Gasteiger partial charge in [0.25, 0.3) is 0 Å². The fourth-order valence-electron chi connectivity index (χ4n) is 1.30. The van der Waals surface area contributed by atoms with Crippen LogP contribution in [0, 0.1) is 0 Å². The second kappa shape index (κ2) is 5.14. The zero-order valence-electron chi connectivity index (χ0n) is 10.8. The van der Waals surface area contributed by atoms with Crippen LogP contribution in [0.15, 0.2) is 18.5 Å². The second-order valence-corrected chi connectivity index (χ2v) is 4.51. The van der Waals surface area contributed by atoms with Gasteiger partial charge in [-0.1, -0.05) is 6.92 Å². The van der Waals surface area contributed by atoms with E-state index in [1.165, 1.54) is 0 Å². The van der Waals surface area contributed by atoms with E-state index in [0.717, 1.165) is 5.69 Å². The van der Waals surface area contributed by atoms with Crippen LogP contribution in [0.25, 0.3) is 0 Å². The van der Waals surface area contributed by atoms with E-state index in [1.54, 1.807) is 19.3 Å². The molecule has 0 radical (unpaired) electrons. The molecule has 1 unspecified atom stereocenters. The lowest BCUT2D eigenvalue weighted by molar-refractivity contribution is -0.120.